The van der Waals surface area contributed by atoms with Gasteiger partial charge < -0.3 is 24.8 Å². The molecule has 37 heavy (non-hydrogen) atoms. The first-order valence-corrected chi connectivity index (χ1v) is 12.1. The summed E-state index contributed by atoms with van der Waals surface area (Å²) in [5.74, 6) is 1.60. The number of rotatable bonds is 6. The predicted octanol–water partition coefficient (Wildman–Crippen LogP) is 6.51. The molecule has 0 unspecified atom stereocenters. The first-order chi connectivity index (χ1) is 17.7. The highest BCUT2D eigenvalue weighted by molar-refractivity contribution is 6.00. The number of carbonyl (C=O) groups excluding carboxylic acids is 1. The van der Waals surface area contributed by atoms with E-state index in [4.69, 9.17) is 14.2 Å². The van der Waals surface area contributed by atoms with E-state index in [1.807, 2.05) is 48.5 Å². The second-order valence-electron chi connectivity index (χ2n) is 9.76. The first-order valence-electron chi connectivity index (χ1n) is 12.1. The highest BCUT2D eigenvalue weighted by Crippen LogP contribution is 2.40. The van der Waals surface area contributed by atoms with Crippen LogP contribution in [0.25, 0.3) is 17.3 Å². The lowest BCUT2D eigenvalue weighted by atomic mass is 9.86. The van der Waals surface area contributed by atoms with Crippen molar-refractivity contribution >= 4 is 29.1 Å². The van der Waals surface area contributed by atoms with Gasteiger partial charge in [-0.3, -0.25) is 0 Å². The van der Waals surface area contributed by atoms with E-state index in [1.54, 1.807) is 27.5 Å². The van der Waals surface area contributed by atoms with Crippen LogP contribution in [0.1, 0.15) is 49.4 Å². The molecular weight excluding hydrogens is 466 g/mol. The molecule has 0 fully saturated rings. The third kappa shape index (κ3) is 5.77. The molecule has 0 spiro atoms. The molecule has 0 bridgehead atoms. The molecule has 0 radical (unpaired) electrons. The maximum atomic E-state index is 13.2. The molecule has 1 heterocycles. The molecule has 2 amide bonds. The van der Waals surface area contributed by atoms with Gasteiger partial charge in [0.05, 0.1) is 27.0 Å². The van der Waals surface area contributed by atoms with E-state index in [0.717, 1.165) is 33.5 Å². The van der Waals surface area contributed by atoms with Crippen LogP contribution in [0.15, 0.2) is 60.8 Å². The lowest BCUT2D eigenvalue weighted by molar-refractivity contribution is 0.255. The minimum atomic E-state index is -0.362. The number of hydrogen-bond donors (Lipinski definition) is 2. The van der Waals surface area contributed by atoms with E-state index in [-0.39, 0.29) is 11.4 Å². The van der Waals surface area contributed by atoms with Gasteiger partial charge in [-0.25, -0.2) is 9.78 Å². The summed E-state index contributed by atoms with van der Waals surface area (Å²) in [6, 6.07) is 15.4. The first kappa shape index (κ1) is 25.8. The van der Waals surface area contributed by atoms with Crippen molar-refractivity contribution in [3.05, 3.63) is 83.1 Å². The van der Waals surface area contributed by atoms with Crippen molar-refractivity contribution < 1.29 is 19.0 Å². The molecule has 0 atom stereocenters. The van der Waals surface area contributed by atoms with Crippen molar-refractivity contribution in [2.24, 2.45) is 0 Å². The number of pyridine rings is 1. The molecule has 0 saturated heterocycles. The van der Waals surface area contributed by atoms with Crippen molar-refractivity contribution in [1.29, 1.82) is 0 Å². The molecular formula is C30H33N3O4. The quantitative estimate of drug-likeness (QED) is 0.404. The number of amides is 2. The molecule has 0 aliphatic heterocycles. The van der Waals surface area contributed by atoms with Crippen molar-refractivity contribution in [3.63, 3.8) is 0 Å². The number of fused-ring (bicyclic) bond motifs is 1. The maximum Gasteiger partial charge on any atom is 0.323 e. The number of allylic oxidation sites excluding steroid dienone is 2. The van der Waals surface area contributed by atoms with Crippen LogP contribution >= 0.6 is 0 Å². The predicted molar refractivity (Wildman–Crippen MR) is 148 cm³/mol. The number of nitrogens with zero attached hydrogens (tertiary/aromatic N) is 1. The summed E-state index contributed by atoms with van der Waals surface area (Å²) >= 11 is 0. The van der Waals surface area contributed by atoms with Crippen LogP contribution in [0.2, 0.25) is 0 Å². The van der Waals surface area contributed by atoms with Gasteiger partial charge in [0.2, 0.25) is 5.88 Å². The summed E-state index contributed by atoms with van der Waals surface area (Å²) in [5, 5.41) is 5.99. The normalized spacial score (nSPS) is 13.9. The Morgan fingerprint density at radius 2 is 1.70 bits per heavy atom. The fourth-order valence-corrected chi connectivity index (χ4v) is 4.28. The van der Waals surface area contributed by atoms with E-state index in [2.05, 4.69) is 48.5 Å². The Kier molecular flexibility index (Phi) is 7.53. The molecule has 4 rings (SSSR count). The van der Waals surface area contributed by atoms with Crippen LogP contribution in [0.5, 0.6) is 17.4 Å². The maximum absolute atomic E-state index is 13.2. The fraction of sp³-hybridized carbons (Fsp3) is 0.267. The third-order valence-corrected chi connectivity index (χ3v) is 6.24. The number of methoxy groups -OCH3 is 3. The molecule has 7 heteroatoms. The molecule has 1 aliphatic rings. The Balaban J connectivity index is 1.60. The zero-order valence-corrected chi connectivity index (χ0v) is 22.1. The molecule has 0 saturated carbocycles. The molecule has 7 nitrogen and oxygen atoms in total. The number of anilines is 1. The highest BCUT2D eigenvalue weighted by Gasteiger charge is 2.22. The summed E-state index contributed by atoms with van der Waals surface area (Å²) in [5.41, 5.74) is 6.31. The second-order valence-corrected chi connectivity index (χ2v) is 9.76. The van der Waals surface area contributed by atoms with Crippen molar-refractivity contribution in [1.82, 2.24) is 10.3 Å². The molecule has 2 aromatic carbocycles. The lowest BCUT2D eigenvalue weighted by Gasteiger charge is -2.24. The average molecular weight is 500 g/mol. The Labute approximate surface area is 218 Å². The largest absolute Gasteiger partial charge is 0.493 e. The van der Waals surface area contributed by atoms with Gasteiger partial charge in [0.1, 0.15) is 0 Å². The standard InChI is InChI=1S/C30H33N3O4/c1-30(2,3)21-17-25(28(37-6)26(18-21)35-4)33-29(34)32-24-12-11-20(22-9-7-8-10-23(22)24)15-19-13-14-31-27(16-19)36-5/h7-10,12-18H,11H2,1-6H3,(H2,32,33,34). The number of urea groups is 1. The average Bonchev–Trinajstić information content (AvgIpc) is 2.89. The Bertz CT molecular complexity index is 1370. The minimum absolute atomic E-state index is 0.140. The van der Waals surface area contributed by atoms with Crippen LogP contribution in [0.4, 0.5) is 10.5 Å². The third-order valence-electron chi connectivity index (χ3n) is 6.24. The van der Waals surface area contributed by atoms with Gasteiger partial charge >= 0.3 is 6.03 Å². The smallest absolute Gasteiger partial charge is 0.323 e. The van der Waals surface area contributed by atoms with Crippen LogP contribution < -0.4 is 24.8 Å². The van der Waals surface area contributed by atoms with E-state index >= 15 is 0 Å². The van der Waals surface area contributed by atoms with E-state index < -0.39 is 0 Å². The number of hydrogen-bond acceptors (Lipinski definition) is 5. The molecule has 1 aromatic heterocycles. The van der Waals surface area contributed by atoms with Gasteiger partial charge in [0.25, 0.3) is 0 Å². The fourth-order valence-electron chi connectivity index (χ4n) is 4.28. The van der Waals surface area contributed by atoms with Crippen molar-refractivity contribution in [3.8, 4) is 17.4 Å². The van der Waals surface area contributed by atoms with E-state index in [9.17, 15) is 4.79 Å². The number of benzene rings is 2. The zero-order chi connectivity index (χ0) is 26.6. The molecule has 3 aromatic rings. The van der Waals surface area contributed by atoms with E-state index in [0.29, 0.717) is 29.5 Å². The van der Waals surface area contributed by atoms with Crippen LogP contribution in [-0.4, -0.2) is 32.3 Å². The van der Waals surface area contributed by atoms with Gasteiger partial charge in [-0.05, 0) is 52.3 Å². The summed E-state index contributed by atoms with van der Waals surface area (Å²) in [6.07, 6.45) is 6.53. The van der Waals surface area contributed by atoms with Gasteiger partial charge in [0.15, 0.2) is 11.5 Å². The van der Waals surface area contributed by atoms with Gasteiger partial charge in [-0.2, -0.15) is 0 Å². The molecule has 192 valence electrons. The monoisotopic (exact) mass is 499 g/mol. The topological polar surface area (TPSA) is 81.7 Å². The highest BCUT2D eigenvalue weighted by atomic mass is 16.5. The summed E-state index contributed by atoms with van der Waals surface area (Å²) < 4.78 is 16.4. The van der Waals surface area contributed by atoms with Crippen molar-refractivity contribution in [2.45, 2.75) is 32.6 Å². The van der Waals surface area contributed by atoms with E-state index in [1.165, 1.54) is 0 Å². The number of nitrogens with one attached hydrogen (secondary N) is 2. The van der Waals surface area contributed by atoms with Gasteiger partial charge in [0, 0.05) is 23.5 Å². The molecule has 1 aliphatic carbocycles. The number of carbonyl (C=O) groups is 1. The van der Waals surface area contributed by atoms with Crippen LogP contribution in [-0.2, 0) is 5.41 Å². The van der Waals surface area contributed by atoms with Crippen LogP contribution in [0, 0.1) is 0 Å². The SMILES string of the molecule is COc1cc(C=C2CC=C(NC(=O)Nc3cc(C(C)(C)C)cc(OC)c3OC)c3ccccc32)ccn1. The Hall–Kier alpha value is -4.26. The van der Waals surface area contributed by atoms with Crippen molar-refractivity contribution in [2.75, 3.05) is 26.6 Å². The number of aromatic nitrogens is 1. The lowest BCUT2D eigenvalue weighted by Crippen LogP contribution is -2.29. The zero-order valence-electron chi connectivity index (χ0n) is 22.1. The minimum Gasteiger partial charge on any atom is -0.493 e. The second kappa shape index (κ2) is 10.8. The summed E-state index contributed by atoms with van der Waals surface area (Å²) in [6.45, 7) is 6.32. The van der Waals surface area contributed by atoms with Crippen LogP contribution in [0.3, 0.4) is 0 Å². The number of ether oxygens (including phenoxy) is 3. The summed E-state index contributed by atoms with van der Waals surface area (Å²) in [7, 11) is 4.75. The summed E-state index contributed by atoms with van der Waals surface area (Å²) in [4.78, 5) is 17.3. The molecule has 2 N–H and O–H groups in total. The Morgan fingerprint density at radius 3 is 2.38 bits per heavy atom. The van der Waals surface area contributed by atoms with Gasteiger partial charge in [-0.15, -0.1) is 0 Å². The Morgan fingerprint density at radius 1 is 0.946 bits per heavy atom. The van der Waals surface area contributed by atoms with Gasteiger partial charge in [-0.1, -0.05) is 57.2 Å².